The zero-order valence-electron chi connectivity index (χ0n) is 9.87. The van der Waals surface area contributed by atoms with Crippen molar-refractivity contribution in [3.63, 3.8) is 0 Å². The lowest BCUT2D eigenvalue weighted by molar-refractivity contribution is 0.479. The normalized spacial score (nSPS) is 20.2. The molecule has 0 radical (unpaired) electrons. The average Bonchev–Trinajstić information content (AvgIpc) is 2.37. The van der Waals surface area contributed by atoms with Gasteiger partial charge in [-0.3, -0.25) is 4.79 Å². The highest BCUT2D eigenvalue weighted by Gasteiger charge is 2.15. The minimum atomic E-state index is -0.233. The summed E-state index contributed by atoms with van der Waals surface area (Å²) < 4.78 is 1.35. The molecular weight excluding hydrogens is 240 g/mol. The highest BCUT2D eigenvalue weighted by atomic mass is 35.5. The number of anilines is 1. The first kappa shape index (κ1) is 12.4. The van der Waals surface area contributed by atoms with Gasteiger partial charge < -0.3 is 10.6 Å². The van der Waals surface area contributed by atoms with Crippen LogP contribution >= 0.6 is 11.6 Å². The van der Waals surface area contributed by atoms with Crippen molar-refractivity contribution in [3.05, 3.63) is 21.6 Å². The molecule has 2 N–H and O–H groups in total. The van der Waals surface area contributed by atoms with Crippen LogP contribution in [0.4, 0.5) is 5.69 Å². The Labute approximate surface area is 105 Å². The van der Waals surface area contributed by atoms with E-state index in [4.69, 9.17) is 11.6 Å². The summed E-state index contributed by atoms with van der Waals surface area (Å²) in [6.07, 6.45) is 3.84. The van der Waals surface area contributed by atoms with Gasteiger partial charge in [0.15, 0.2) is 0 Å². The molecule has 1 aliphatic rings. The standard InChI is InChI=1S/C11H17ClN4O/c1-2-16-11(17)10(12)9(7-14-16)15-8-4-3-5-13-6-8/h7-8,13,15H,2-6H2,1H3. The van der Waals surface area contributed by atoms with Crippen LogP contribution in [0, 0.1) is 0 Å². The number of piperidine rings is 1. The van der Waals surface area contributed by atoms with Crippen molar-refractivity contribution in [1.82, 2.24) is 15.1 Å². The number of aromatic nitrogens is 2. The van der Waals surface area contributed by atoms with E-state index in [1.165, 1.54) is 4.68 Å². The number of rotatable bonds is 3. The van der Waals surface area contributed by atoms with E-state index < -0.39 is 0 Å². The Balaban J connectivity index is 2.15. The molecule has 94 valence electrons. The van der Waals surface area contributed by atoms with Crippen LogP contribution in [0.25, 0.3) is 0 Å². The molecule has 5 nitrogen and oxygen atoms in total. The zero-order chi connectivity index (χ0) is 12.3. The van der Waals surface area contributed by atoms with Gasteiger partial charge in [0.2, 0.25) is 0 Å². The van der Waals surface area contributed by atoms with Gasteiger partial charge in [-0.15, -0.1) is 0 Å². The molecule has 1 aliphatic heterocycles. The number of aryl methyl sites for hydroxylation is 1. The lowest BCUT2D eigenvalue weighted by Crippen LogP contribution is -2.39. The average molecular weight is 257 g/mol. The lowest BCUT2D eigenvalue weighted by atomic mass is 10.1. The van der Waals surface area contributed by atoms with E-state index in [1.807, 2.05) is 6.92 Å². The predicted molar refractivity (Wildman–Crippen MR) is 68.7 cm³/mol. The first-order chi connectivity index (χ1) is 8.22. The summed E-state index contributed by atoms with van der Waals surface area (Å²) in [5, 5.41) is 10.9. The van der Waals surface area contributed by atoms with Crippen LogP contribution in [-0.4, -0.2) is 28.9 Å². The van der Waals surface area contributed by atoms with E-state index in [1.54, 1.807) is 6.20 Å². The van der Waals surface area contributed by atoms with Gasteiger partial charge in [-0.2, -0.15) is 5.10 Å². The van der Waals surface area contributed by atoms with Crippen LogP contribution in [-0.2, 0) is 6.54 Å². The minimum Gasteiger partial charge on any atom is -0.378 e. The Morgan fingerprint density at radius 3 is 3.18 bits per heavy atom. The summed E-state index contributed by atoms with van der Waals surface area (Å²) in [5.74, 6) is 0. The second kappa shape index (κ2) is 5.51. The molecule has 2 rings (SSSR count). The van der Waals surface area contributed by atoms with Crippen molar-refractivity contribution in [1.29, 1.82) is 0 Å². The van der Waals surface area contributed by atoms with Crippen molar-refractivity contribution in [2.45, 2.75) is 32.4 Å². The van der Waals surface area contributed by atoms with Crippen LogP contribution < -0.4 is 16.2 Å². The Hall–Kier alpha value is -1.07. The summed E-state index contributed by atoms with van der Waals surface area (Å²) in [7, 11) is 0. The smallest absolute Gasteiger partial charge is 0.287 e. The third-order valence-corrected chi connectivity index (χ3v) is 3.31. The summed E-state index contributed by atoms with van der Waals surface area (Å²) in [6, 6.07) is 0.319. The van der Waals surface area contributed by atoms with Crippen LogP contribution in [0.5, 0.6) is 0 Å². The van der Waals surface area contributed by atoms with Crippen molar-refractivity contribution >= 4 is 17.3 Å². The summed E-state index contributed by atoms with van der Waals surface area (Å²) >= 11 is 6.04. The van der Waals surface area contributed by atoms with Crippen LogP contribution in [0.1, 0.15) is 19.8 Å². The summed E-state index contributed by atoms with van der Waals surface area (Å²) in [5.41, 5.74) is 0.401. The number of nitrogens with zero attached hydrogens (tertiary/aromatic N) is 2. The summed E-state index contributed by atoms with van der Waals surface area (Å²) in [6.45, 7) is 4.35. The topological polar surface area (TPSA) is 59.0 Å². The first-order valence-corrected chi connectivity index (χ1v) is 6.33. The quantitative estimate of drug-likeness (QED) is 0.850. The highest BCUT2D eigenvalue weighted by Crippen LogP contribution is 2.18. The lowest BCUT2D eigenvalue weighted by Gasteiger charge is -2.25. The third kappa shape index (κ3) is 2.79. The number of hydrogen-bond acceptors (Lipinski definition) is 4. The van der Waals surface area contributed by atoms with E-state index in [-0.39, 0.29) is 10.6 Å². The molecular formula is C11H17ClN4O. The Morgan fingerprint density at radius 1 is 1.71 bits per heavy atom. The number of halogens is 1. The van der Waals surface area contributed by atoms with Crippen molar-refractivity contribution < 1.29 is 0 Å². The molecule has 1 saturated heterocycles. The maximum Gasteiger partial charge on any atom is 0.287 e. The van der Waals surface area contributed by atoms with Crippen LogP contribution in [0.3, 0.4) is 0 Å². The maximum atomic E-state index is 11.8. The molecule has 2 heterocycles. The first-order valence-electron chi connectivity index (χ1n) is 5.95. The number of nitrogens with one attached hydrogen (secondary N) is 2. The van der Waals surface area contributed by atoms with E-state index in [9.17, 15) is 4.79 Å². The maximum absolute atomic E-state index is 11.8. The molecule has 0 aromatic carbocycles. The fourth-order valence-electron chi connectivity index (χ4n) is 1.99. The molecule has 1 aromatic rings. The molecule has 6 heteroatoms. The number of hydrogen-bond donors (Lipinski definition) is 2. The SMILES string of the molecule is CCn1ncc(NC2CCCNC2)c(Cl)c1=O. The monoisotopic (exact) mass is 256 g/mol. The predicted octanol–water partition coefficient (Wildman–Crippen LogP) is 1.08. The second-order valence-corrected chi connectivity index (χ2v) is 4.56. The highest BCUT2D eigenvalue weighted by molar-refractivity contribution is 6.32. The van der Waals surface area contributed by atoms with Gasteiger partial charge in [-0.25, -0.2) is 4.68 Å². The van der Waals surface area contributed by atoms with Gasteiger partial charge in [0.05, 0.1) is 11.9 Å². The fraction of sp³-hybridized carbons (Fsp3) is 0.636. The van der Waals surface area contributed by atoms with Crippen LogP contribution in [0.2, 0.25) is 5.02 Å². The Kier molecular flexibility index (Phi) is 4.02. The fourth-order valence-corrected chi connectivity index (χ4v) is 2.19. The molecule has 0 saturated carbocycles. The molecule has 0 bridgehead atoms. The minimum absolute atomic E-state index is 0.229. The van der Waals surface area contributed by atoms with Crippen molar-refractivity contribution in [2.75, 3.05) is 18.4 Å². The van der Waals surface area contributed by atoms with E-state index >= 15 is 0 Å². The zero-order valence-corrected chi connectivity index (χ0v) is 10.6. The molecule has 0 aliphatic carbocycles. The second-order valence-electron chi connectivity index (χ2n) is 4.18. The molecule has 1 atom stereocenters. The van der Waals surface area contributed by atoms with Crippen LogP contribution in [0.15, 0.2) is 11.0 Å². The summed E-state index contributed by atoms with van der Waals surface area (Å²) in [4.78, 5) is 11.8. The largest absolute Gasteiger partial charge is 0.378 e. The molecule has 0 spiro atoms. The van der Waals surface area contributed by atoms with E-state index in [0.29, 0.717) is 18.3 Å². The Bertz CT molecular complexity index is 440. The third-order valence-electron chi connectivity index (χ3n) is 2.94. The molecule has 1 unspecified atom stereocenters. The van der Waals surface area contributed by atoms with Crippen molar-refractivity contribution in [3.8, 4) is 0 Å². The van der Waals surface area contributed by atoms with Crippen molar-refractivity contribution in [2.24, 2.45) is 0 Å². The Morgan fingerprint density at radius 2 is 2.53 bits per heavy atom. The molecule has 1 aromatic heterocycles. The van der Waals surface area contributed by atoms with Gasteiger partial charge in [0, 0.05) is 19.1 Å². The molecule has 17 heavy (non-hydrogen) atoms. The van der Waals surface area contributed by atoms with Gasteiger partial charge >= 0.3 is 0 Å². The van der Waals surface area contributed by atoms with Gasteiger partial charge in [-0.1, -0.05) is 11.6 Å². The van der Waals surface area contributed by atoms with Gasteiger partial charge in [0.1, 0.15) is 5.02 Å². The molecule has 0 amide bonds. The van der Waals surface area contributed by atoms with E-state index in [2.05, 4.69) is 15.7 Å². The van der Waals surface area contributed by atoms with Gasteiger partial charge in [0.25, 0.3) is 5.56 Å². The van der Waals surface area contributed by atoms with E-state index in [0.717, 1.165) is 25.9 Å². The van der Waals surface area contributed by atoms with Gasteiger partial charge in [-0.05, 0) is 26.3 Å². The molecule has 1 fully saturated rings.